The zero-order valence-corrected chi connectivity index (χ0v) is 14.3. The summed E-state index contributed by atoms with van der Waals surface area (Å²) >= 11 is 0. The summed E-state index contributed by atoms with van der Waals surface area (Å²) in [6, 6.07) is 9.36. The highest BCUT2D eigenvalue weighted by Gasteiger charge is 2.26. The predicted molar refractivity (Wildman–Crippen MR) is 94.8 cm³/mol. The second-order valence-electron chi connectivity index (χ2n) is 6.64. The maximum atomic E-state index is 12.4. The lowest BCUT2D eigenvalue weighted by atomic mass is 9.97. The summed E-state index contributed by atoms with van der Waals surface area (Å²) in [6.45, 7) is 2.39. The molecule has 2 N–H and O–H groups in total. The van der Waals surface area contributed by atoms with Crippen molar-refractivity contribution in [3.05, 3.63) is 53.9 Å². The molecule has 132 valence electrons. The van der Waals surface area contributed by atoms with Crippen molar-refractivity contribution < 1.29 is 9.59 Å². The molecule has 0 spiro atoms. The molecule has 2 aromatic rings. The molecule has 0 saturated carbocycles. The fourth-order valence-electron chi connectivity index (χ4n) is 3.39. The Kier molecular flexibility index (Phi) is 5.48. The van der Waals surface area contributed by atoms with E-state index >= 15 is 0 Å². The molecular formula is C19H24N4O2. The van der Waals surface area contributed by atoms with Gasteiger partial charge in [-0.25, -0.2) is 0 Å². The number of carbonyl (C=O) groups is 2. The summed E-state index contributed by atoms with van der Waals surface area (Å²) in [6.07, 6.45) is 6.91. The van der Waals surface area contributed by atoms with Crippen LogP contribution in [0.25, 0.3) is 0 Å². The molecule has 1 aliphatic heterocycles. The Balaban J connectivity index is 1.45. The van der Waals surface area contributed by atoms with Gasteiger partial charge in [0.15, 0.2) is 0 Å². The molecule has 3 rings (SSSR count). The standard InChI is InChI=1S/C19H24N4O2/c20-19(25)17-5-1-4-15(13-17)12-16-7-11-22(14-16)18(24)6-2-9-23-10-3-8-21-23/h1,3-5,8,10,13,16H,2,6-7,9,11-12,14H2,(H2,20,25)/t16-/m1/s1. The summed E-state index contributed by atoms with van der Waals surface area (Å²) < 4.78 is 1.85. The Morgan fingerprint density at radius 2 is 2.16 bits per heavy atom. The maximum absolute atomic E-state index is 12.4. The fraction of sp³-hybridized carbons (Fsp3) is 0.421. The van der Waals surface area contributed by atoms with E-state index in [0.717, 1.165) is 44.5 Å². The number of amides is 2. The van der Waals surface area contributed by atoms with Crippen LogP contribution < -0.4 is 5.73 Å². The highest BCUT2D eigenvalue weighted by Crippen LogP contribution is 2.22. The van der Waals surface area contributed by atoms with E-state index in [1.165, 1.54) is 0 Å². The number of nitrogens with two attached hydrogens (primary N) is 1. The zero-order chi connectivity index (χ0) is 17.6. The normalized spacial score (nSPS) is 17.0. The first-order valence-electron chi connectivity index (χ1n) is 8.76. The molecular weight excluding hydrogens is 316 g/mol. The molecule has 0 aliphatic carbocycles. The van der Waals surface area contributed by atoms with Gasteiger partial charge in [-0.1, -0.05) is 12.1 Å². The highest BCUT2D eigenvalue weighted by molar-refractivity contribution is 5.92. The SMILES string of the molecule is NC(=O)c1cccc(C[C@H]2CCN(C(=O)CCCn3cccn3)C2)c1. The molecule has 25 heavy (non-hydrogen) atoms. The molecule has 1 aromatic carbocycles. The Morgan fingerprint density at radius 3 is 2.92 bits per heavy atom. The number of aromatic nitrogens is 2. The van der Waals surface area contributed by atoms with Gasteiger partial charge in [0, 0.05) is 44.0 Å². The van der Waals surface area contributed by atoms with Crippen LogP contribution in [0.1, 0.15) is 35.2 Å². The van der Waals surface area contributed by atoms with E-state index in [4.69, 9.17) is 5.73 Å². The van der Waals surface area contributed by atoms with Crippen molar-refractivity contribution in [3.8, 4) is 0 Å². The quantitative estimate of drug-likeness (QED) is 0.835. The van der Waals surface area contributed by atoms with Crippen LogP contribution in [0.3, 0.4) is 0 Å². The molecule has 1 saturated heterocycles. The van der Waals surface area contributed by atoms with Crippen LogP contribution in [-0.2, 0) is 17.8 Å². The van der Waals surface area contributed by atoms with Gasteiger partial charge in [0.25, 0.3) is 0 Å². The Morgan fingerprint density at radius 1 is 1.28 bits per heavy atom. The zero-order valence-electron chi connectivity index (χ0n) is 14.3. The first-order chi connectivity index (χ1) is 12.1. The number of hydrogen-bond acceptors (Lipinski definition) is 3. The molecule has 0 radical (unpaired) electrons. The molecule has 6 heteroatoms. The predicted octanol–water partition coefficient (Wildman–Crippen LogP) is 1.85. The number of hydrogen-bond donors (Lipinski definition) is 1. The van der Waals surface area contributed by atoms with Gasteiger partial charge in [0.05, 0.1) is 0 Å². The highest BCUT2D eigenvalue weighted by atomic mass is 16.2. The molecule has 0 unspecified atom stereocenters. The molecule has 1 fully saturated rings. The molecule has 2 amide bonds. The van der Waals surface area contributed by atoms with Crippen molar-refractivity contribution in [2.45, 2.75) is 32.2 Å². The average Bonchev–Trinajstić information content (AvgIpc) is 3.27. The largest absolute Gasteiger partial charge is 0.366 e. The number of carbonyl (C=O) groups excluding carboxylic acids is 2. The van der Waals surface area contributed by atoms with Gasteiger partial charge in [-0.05, 0) is 48.9 Å². The van der Waals surface area contributed by atoms with Crippen molar-refractivity contribution in [1.82, 2.24) is 14.7 Å². The number of benzene rings is 1. The molecule has 0 bridgehead atoms. The molecule has 2 heterocycles. The van der Waals surface area contributed by atoms with E-state index in [9.17, 15) is 9.59 Å². The molecule has 1 atom stereocenters. The average molecular weight is 340 g/mol. The lowest BCUT2D eigenvalue weighted by Gasteiger charge is -2.17. The van der Waals surface area contributed by atoms with Crippen LogP contribution in [0.4, 0.5) is 0 Å². The van der Waals surface area contributed by atoms with E-state index in [-0.39, 0.29) is 5.91 Å². The van der Waals surface area contributed by atoms with Crippen LogP contribution >= 0.6 is 0 Å². The van der Waals surface area contributed by atoms with Gasteiger partial charge in [0.2, 0.25) is 11.8 Å². The van der Waals surface area contributed by atoms with E-state index in [2.05, 4.69) is 5.10 Å². The number of aryl methyl sites for hydroxylation is 1. The maximum Gasteiger partial charge on any atom is 0.248 e. The van der Waals surface area contributed by atoms with Gasteiger partial charge < -0.3 is 10.6 Å². The minimum Gasteiger partial charge on any atom is -0.366 e. The second-order valence-corrected chi connectivity index (χ2v) is 6.64. The summed E-state index contributed by atoms with van der Waals surface area (Å²) in [5.74, 6) is 0.265. The van der Waals surface area contributed by atoms with Crippen LogP contribution in [0.5, 0.6) is 0 Å². The summed E-state index contributed by atoms with van der Waals surface area (Å²) in [5.41, 5.74) is 6.99. The topological polar surface area (TPSA) is 81.2 Å². The van der Waals surface area contributed by atoms with Crippen LogP contribution in [0, 0.1) is 5.92 Å². The third-order valence-electron chi connectivity index (χ3n) is 4.71. The van der Waals surface area contributed by atoms with Crippen molar-refractivity contribution in [3.63, 3.8) is 0 Å². The number of rotatable bonds is 7. The van der Waals surface area contributed by atoms with Gasteiger partial charge in [-0.15, -0.1) is 0 Å². The third-order valence-corrected chi connectivity index (χ3v) is 4.71. The number of primary amides is 1. The van der Waals surface area contributed by atoms with E-state index in [1.54, 1.807) is 12.3 Å². The molecule has 1 aromatic heterocycles. The van der Waals surface area contributed by atoms with Crippen LogP contribution in [-0.4, -0.2) is 39.6 Å². The smallest absolute Gasteiger partial charge is 0.248 e. The van der Waals surface area contributed by atoms with E-state index in [1.807, 2.05) is 40.0 Å². The van der Waals surface area contributed by atoms with Gasteiger partial charge >= 0.3 is 0 Å². The summed E-state index contributed by atoms with van der Waals surface area (Å²) in [7, 11) is 0. The van der Waals surface area contributed by atoms with E-state index < -0.39 is 5.91 Å². The van der Waals surface area contributed by atoms with Crippen molar-refractivity contribution in [1.29, 1.82) is 0 Å². The van der Waals surface area contributed by atoms with Gasteiger partial charge in [-0.3, -0.25) is 14.3 Å². The summed E-state index contributed by atoms with van der Waals surface area (Å²) in [5, 5.41) is 4.15. The Hall–Kier alpha value is -2.63. The number of nitrogens with zero attached hydrogens (tertiary/aromatic N) is 3. The minimum atomic E-state index is -0.401. The lowest BCUT2D eigenvalue weighted by molar-refractivity contribution is -0.130. The van der Waals surface area contributed by atoms with Crippen molar-refractivity contribution in [2.24, 2.45) is 11.7 Å². The first kappa shape index (κ1) is 17.2. The number of likely N-dealkylation sites (tertiary alicyclic amines) is 1. The minimum absolute atomic E-state index is 0.223. The third kappa shape index (κ3) is 4.68. The van der Waals surface area contributed by atoms with Crippen LogP contribution in [0.15, 0.2) is 42.7 Å². The fourth-order valence-corrected chi connectivity index (χ4v) is 3.39. The van der Waals surface area contributed by atoms with Gasteiger partial charge in [0.1, 0.15) is 0 Å². The van der Waals surface area contributed by atoms with Gasteiger partial charge in [-0.2, -0.15) is 5.10 Å². The summed E-state index contributed by atoms with van der Waals surface area (Å²) in [4.78, 5) is 25.6. The van der Waals surface area contributed by atoms with Crippen molar-refractivity contribution >= 4 is 11.8 Å². The van der Waals surface area contributed by atoms with E-state index in [0.29, 0.717) is 17.9 Å². The molecule has 6 nitrogen and oxygen atoms in total. The van der Waals surface area contributed by atoms with Crippen LogP contribution in [0.2, 0.25) is 0 Å². The van der Waals surface area contributed by atoms with Crippen molar-refractivity contribution in [2.75, 3.05) is 13.1 Å². The molecule has 1 aliphatic rings. The first-order valence-corrected chi connectivity index (χ1v) is 8.76. The second kappa shape index (κ2) is 7.96. The monoisotopic (exact) mass is 340 g/mol. The Labute approximate surface area is 147 Å². The Bertz CT molecular complexity index is 727. The lowest BCUT2D eigenvalue weighted by Crippen LogP contribution is -2.29.